The van der Waals surface area contributed by atoms with Crippen LogP contribution in [-0.4, -0.2) is 52.8 Å². The number of aliphatic hydroxyl groups is 1. The van der Waals surface area contributed by atoms with E-state index in [9.17, 15) is 9.50 Å². The van der Waals surface area contributed by atoms with Gasteiger partial charge in [0.25, 0.3) is 0 Å². The van der Waals surface area contributed by atoms with Crippen LogP contribution in [0.4, 0.5) is 15.8 Å². The molecule has 3 aromatic heterocycles. The third-order valence-electron chi connectivity index (χ3n) is 6.00. The lowest BCUT2D eigenvalue weighted by molar-refractivity contribution is 0.281. The largest absolute Gasteiger partial charge is 0.495 e. The molecule has 0 bridgehead atoms. The lowest BCUT2D eigenvalue weighted by Crippen LogP contribution is -2.46. The van der Waals surface area contributed by atoms with Crippen LogP contribution >= 0.6 is 11.6 Å². The average Bonchev–Trinajstić information content (AvgIpc) is 3.27. The first kappa shape index (κ1) is 21.5. The third-order valence-corrected chi connectivity index (χ3v) is 6.30. The lowest BCUT2D eigenvalue weighted by Gasteiger charge is -2.37. The monoisotopic (exact) mass is 467 g/mol. The molecule has 4 aromatic rings. The molecular weight excluding hydrogens is 445 g/mol. The zero-order chi connectivity index (χ0) is 22.9. The molecule has 4 heterocycles. The number of nitrogens with zero attached hydrogens (tertiary/aromatic N) is 5. The topological polar surface area (TPSA) is 66.1 Å². The van der Waals surface area contributed by atoms with Crippen molar-refractivity contribution < 1.29 is 14.2 Å². The first-order valence-corrected chi connectivity index (χ1v) is 11.0. The number of benzene rings is 1. The van der Waals surface area contributed by atoms with Gasteiger partial charge in [-0.1, -0.05) is 11.6 Å². The van der Waals surface area contributed by atoms with E-state index in [4.69, 9.17) is 21.3 Å². The summed E-state index contributed by atoms with van der Waals surface area (Å²) in [6, 6.07) is 9.31. The van der Waals surface area contributed by atoms with Gasteiger partial charge in [-0.3, -0.25) is 4.98 Å². The van der Waals surface area contributed by atoms with Crippen molar-refractivity contribution in [3.8, 4) is 17.0 Å². The molecule has 1 aliphatic heterocycles. The smallest absolute Gasteiger partial charge is 0.164 e. The first-order valence-electron chi connectivity index (χ1n) is 10.6. The molecule has 5 rings (SSSR count). The summed E-state index contributed by atoms with van der Waals surface area (Å²) in [6.45, 7) is 2.83. The van der Waals surface area contributed by atoms with Crippen LogP contribution in [-0.2, 0) is 6.61 Å². The summed E-state index contributed by atoms with van der Waals surface area (Å²) in [5.41, 5.74) is 4.63. The van der Waals surface area contributed by atoms with E-state index < -0.39 is 0 Å². The molecule has 0 atom stereocenters. The number of halogens is 2. The maximum Gasteiger partial charge on any atom is 0.164 e. The highest BCUT2D eigenvalue weighted by Gasteiger charge is 2.20. The van der Waals surface area contributed by atoms with Gasteiger partial charge in [0.05, 0.1) is 36.3 Å². The summed E-state index contributed by atoms with van der Waals surface area (Å²) < 4.78 is 21.3. The Bertz CT molecular complexity index is 1300. The molecule has 0 amide bonds. The van der Waals surface area contributed by atoms with E-state index in [0.717, 1.165) is 48.8 Å². The maximum absolute atomic E-state index is 14.1. The second-order valence-corrected chi connectivity index (χ2v) is 8.29. The Kier molecular flexibility index (Phi) is 5.78. The summed E-state index contributed by atoms with van der Waals surface area (Å²) in [5.74, 6) is 0.222. The SMILES string of the molecule is COc1cc(CO)c(-c2cn3ccc(N4CCN(c5ccncc5F)CC4)cc3n2)cc1Cl. The van der Waals surface area contributed by atoms with Gasteiger partial charge < -0.3 is 24.0 Å². The van der Waals surface area contributed by atoms with Crippen LogP contribution in [0.3, 0.4) is 0 Å². The minimum absolute atomic E-state index is 0.148. The second-order valence-electron chi connectivity index (χ2n) is 7.88. The summed E-state index contributed by atoms with van der Waals surface area (Å²) in [7, 11) is 1.54. The van der Waals surface area contributed by atoms with Gasteiger partial charge in [-0.2, -0.15) is 0 Å². The normalized spacial score (nSPS) is 14.2. The Morgan fingerprint density at radius 1 is 1.12 bits per heavy atom. The molecule has 0 spiro atoms. The van der Waals surface area contributed by atoms with Gasteiger partial charge in [-0.15, -0.1) is 0 Å². The van der Waals surface area contributed by atoms with Crippen LogP contribution in [0.1, 0.15) is 5.56 Å². The molecule has 0 radical (unpaired) electrons. The number of rotatable bonds is 5. The number of hydrogen-bond acceptors (Lipinski definition) is 6. The molecule has 7 nitrogen and oxygen atoms in total. The molecule has 1 N–H and O–H groups in total. The van der Waals surface area contributed by atoms with E-state index >= 15 is 0 Å². The van der Waals surface area contributed by atoms with Gasteiger partial charge in [0.1, 0.15) is 11.4 Å². The van der Waals surface area contributed by atoms with Crippen molar-refractivity contribution in [2.45, 2.75) is 6.61 Å². The zero-order valence-electron chi connectivity index (χ0n) is 18.1. The first-order chi connectivity index (χ1) is 16.1. The molecule has 170 valence electrons. The van der Waals surface area contributed by atoms with Crippen molar-refractivity contribution in [1.82, 2.24) is 14.4 Å². The van der Waals surface area contributed by atoms with Crippen LogP contribution in [0, 0.1) is 5.82 Å². The van der Waals surface area contributed by atoms with Crippen molar-refractivity contribution in [2.24, 2.45) is 0 Å². The molecule has 1 aliphatic rings. The fourth-order valence-corrected chi connectivity index (χ4v) is 4.49. The number of piperazine rings is 1. The van der Waals surface area contributed by atoms with Crippen LogP contribution in [0.15, 0.2) is 55.1 Å². The Morgan fingerprint density at radius 3 is 2.64 bits per heavy atom. The van der Waals surface area contributed by atoms with Gasteiger partial charge in [0, 0.05) is 62.1 Å². The number of methoxy groups -OCH3 is 1. The molecule has 0 saturated carbocycles. The lowest BCUT2D eigenvalue weighted by atomic mass is 10.1. The molecule has 33 heavy (non-hydrogen) atoms. The number of anilines is 2. The predicted octanol–water partition coefficient (Wildman–Crippen LogP) is 4.02. The van der Waals surface area contributed by atoms with Crippen molar-refractivity contribution in [3.63, 3.8) is 0 Å². The van der Waals surface area contributed by atoms with E-state index in [1.165, 1.54) is 6.20 Å². The van der Waals surface area contributed by atoms with E-state index in [1.54, 1.807) is 31.5 Å². The van der Waals surface area contributed by atoms with Gasteiger partial charge in [0.15, 0.2) is 5.82 Å². The van der Waals surface area contributed by atoms with Gasteiger partial charge in [0.2, 0.25) is 0 Å². The van der Waals surface area contributed by atoms with E-state index in [-0.39, 0.29) is 12.4 Å². The molecule has 9 heteroatoms. The Balaban J connectivity index is 1.39. The summed E-state index contributed by atoms with van der Waals surface area (Å²) >= 11 is 6.32. The second kappa shape index (κ2) is 8.88. The highest BCUT2D eigenvalue weighted by atomic mass is 35.5. The number of fused-ring (bicyclic) bond motifs is 1. The number of hydrogen-bond donors (Lipinski definition) is 1. The third kappa shape index (κ3) is 4.07. The quantitative estimate of drug-likeness (QED) is 0.478. The zero-order valence-corrected chi connectivity index (χ0v) is 18.8. The van der Waals surface area contributed by atoms with Gasteiger partial charge >= 0.3 is 0 Å². The Labute approximate surface area is 195 Å². The van der Waals surface area contributed by atoms with E-state index in [1.807, 2.05) is 27.8 Å². The van der Waals surface area contributed by atoms with Crippen molar-refractivity contribution in [1.29, 1.82) is 0 Å². The van der Waals surface area contributed by atoms with Crippen LogP contribution < -0.4 is 14.5 Å². The minimum Gasteiger partial charge on any atom is -0.495 e. The molecule has 1 saturated heterocycles. The van der Waals surface area contributed by atoms with E-state index in [2.05, 4.69) is 16.0 Å². The van der Waals surface area contributed by atoms with Crippen LogP contribution in [0.25, 0.3) is 16.9 Å². The molecule has 1 aromatic carbocycles. The summed E-state index contributed by atoms with van der Waals surface area (Å²) in [5, 5.41) is 10.3. The number of aromatic nitrogens is 3. The number of aliphatic hydroxyl groups excluding tert-OH is 1. The maximum atomic E-state index is 14.1. The van der Waals surface area contributed by atoms with Crippen molar-refractivity contribution in [2.75, 3.05) is 43.1 Å². The Hall–Kier alpha value is -3.36. The highest BCUT2D eigenvalue weighted by Crippen LogP contribution is 2.34. The average molecular weight is 468 g/mol. The van der Waals surface area contributed by atoms with Crippen LogP contribution in [0.5, 0.6) is 5.75 Å². The molecule has 0 aliphatic carbocycles. The predicted molar refractivity (Wildman–Crippen MR) is 127 cm³/mol. The highest BCUT2D eigenvalue weighted by molar-refractivity contribution is 6.32. The molecule has 0 unspecified atom stereocenters. The number of pyridine rings is 2. The fraction of sp³-hybridized carbons (Fsp3) is 0.250. The number of ether oxygens (including phenoxy) is 1. The Morgan fingerprint density at radius 2 is 1.91 bits per heavy atom. The number of imidazole rings is 1. The molecule has 1 fully saturated rings. The van der Waals surface area contributed by atoms with Crippen molar-refractivity contribution in [3.05, 3.63) is 71.5 Å². The summed E-state index contributed by atoms with van der Waals surface area (Å²) in [4.78, 5) is 12.9. The minimum atomic E-state index is -0.293. The summed E-state index contributed by atoms with van der Waals surface area (Å²) in [6.07, 6.45) is 6.76. The van der Waals surface area contributed by atoms with Gasteiger partial charge in [-0.05, 0) is 29.8 Å². The van der Waals surface area contributed by atoms with Crippen molar-refractivity contribution >= 4 is 28.6 Å². The fourth-order valence-electron chi connectivity index (χ4n) is 4.25. The standard InChI is InChI=1S/C24H23ClFN5O2/c1-33-23-10-16(15-32)18(12-19(23)25)21-14-31-5-3-17(11-24(31)28-21)29-6-8-30(9-7-29)22-2-4-27-13-20(22)26/h2-5,10-14,32H,6-9,15H2,1H3. The molecular formula is C24H23ClFN5O2. The van der Waals surface area contributed by atoms with Gasteiger partial charge in [-0.25, -0.2) is 9.37 Å². The van der Waals surface area contributed by atoms with E-state index in [0.29, 0.717) is 22.0 Å². The van der Waals surface area contributed by atoms with Crippen LogP contribution in [0.2, 0.25) is 5.02 Å².